The predicted octanol–water partition coefficient (Wildman–Crippen LogP) is 1.79. The van der Waals surface area contributed by atoms with E-state index < -0.39 is 18.5 Å². The Morgan fingerprint density at radius 1 is 1.62 bits per heavy atom. The van der Waals surface area contributed by atoms with Crippen LogP contribution in [-0.2, 0) is 22.1 Å². The van der Waals surface area contributed by atoms with E-state index in [1.54, 1.807) is 0 Å². The van der Waals surface area contributed by atoms with Crippen LogP contribution in [0.3, 0.4) is 0 Å². The Morgan fingerprint density at radius 2 is 2.31 bits per heavy atom. The summed E-state index contributed by atoms with van der Waals surface area (Å²) in [5.74, 6) is -4.14. The molecule has 0 aliphatic heterocycles. The highest BCUT2D eigenvalue weighted by Gasteiger charge is 2.27. The molecule has 0 unspecified atom stereocenters. The molecule has 1 rings (SSSR count). The summed E-state index contributed by atoms with van der Waals surface area (Å²) in [5, 5.41) is 8.33. The molecule has 0 bridgehead atoms. The van der Waals surface area contributed by atoms with Crippen molar-refractivity contribution < 1.29 is 23.4 Å². The maximum atomic E-state index is 13.1. The Labute approximate surface area is 90.9 Å². The number of hydrogen-bond acceptors (Lipinski definition) is 3. The van der Waals surface area contributed by atoms with Crippen LogP contribution in [0.4, 0.5) is 8.78 Å². The number of nitrogens with zero attached hydrogens (tertiary/aromatic N) is 1. The molecule has 16 heavy (non-hydrogen) atoms. The smallest absolute Gasteiger partial charge is 0.329 e. The van der Waals surface area contributed by atoms with E-state index >= 15 is 0 Å². The molecule has 0 radical (unpaired) electrons. The second-order valence-electron chi connectivity index (χ2n) is 3.31. The predicted molar refractivity (Wildman–Crippen MR) is 51.1 cm³/mol. The highest BCUT2D eigenvalue weighted by molar-refractivity contribution is 5.67. The van der Waals surface area contributed by atoms with Gasteiger partial charge in [-0.2, -0.15) is 0 Å². The van der Waals surface area contributed by atoms with E-state index in [9.17, 15) is 13.6 Å². The van der Waals surface area contributed by atoms with Crippen LogP contribution < -0.4 is 0 Å². The van der Waals surface area contributed by atoms with Gasteiger partial charge in [-0.25, -0.2) is 13.6 Å². The molecule has 0 aliphatic carbocycles. The molecule has 88 valence electrons. The van der Waals surface area contributed by atoms with Crippen LogP contribution in [0.25, 0.3) is 0 Å². The Morgan fingerprint density at radius 3 is 2.88 bits per heavy atom. The van der Waals surface area contributed by atoms with Gasteiger partial charge in [-0.05, 0) is 6.07 Å². The van der Waals surface area contributed by atoms with Crippen molar-refractivity contribution in [1.29, 1.82) is 0 Å². The lowest BCUT2D eigenvalue weighted by molar-refractivity contribution is -0.142. The van der Waals surface area contributed by atoms with E-state index in [0.717, 1.165) is 6.92 Å². The summed E-state index contributed by atoms with van der Waals surface area (Å²) in [6.07, 6.45) is 2.50. The molecule has 0 atom stereocenters. The topological polar surface area (TPSA) is 59.4 Å². The van der Waals surface area contributed by atoms with Crippen LogP contribution in [0.1, 0.15) is 18.1 Å². The van der Waals surface area contributed by atoms with Crippen LogP contribution in [0.5, 0.6) is 0 Å². The van der Waals surface area contributed by atoms with Gasteiger partial charge < -0.3 is 9.84 Å². The largest absolute Gasteiger partial charge is 0.480 e. The summed E-state index contributed by atoms with van der Waals surface area (Å²) in [6, 6.07) is 1.19. The molecule has 1 aromatic rings. The van der Waals surface area contributed by atoms with Gasteiger partial charge in [0.25, 0.3) is 5.92 Å². The van der Waals surface area contributed by atoms with Crippen molar-refractivity contribution in [2.24, 2.45) is 0 Å². The van der Waals surface area contributed by atoms with E-state index in [4.69, 9.17) is 9.84 Å². The van der Waals surface area contributed by atoms with Gasteiger partial charge in [0.1, 0.15) is 6.61 Å². The fraction of sp³-hybridized carbons (Fsp3) is 0.400. The van der Waals surface area contributed by atoms with Crippen LogP contribution >= 0.6 is 0 Å². The first-order valence-corrected chi connectivity index (χ1v) is 4.52. The molecule has 0 saturated carbocycles. The first-order chi connectivity index (χ1) is 7.41. The summed E-state index contributed by atoms with van der Waals surface area (Å²) in [4.78, 5) is 13.9. The molecule has 1 aromatic heterocycles. The standard InChI is InChI=1S/C10H11F2NO3/c1-10(11,12)8-2-3-13-4-7(8)5-16-6-9(14)15/h2-4H,5-6H2,1H3,(H,14,15). The summed E-state index contributed by atoms with van der Waals surface area (Å²) >= 11 is 0. The molecule has 0 fully saturated rings. The molecule has 4 nitrogen and oxygen atoms in total. The normalized spacial score (nSPS) is 11.4. The number of alkyl halides is 2. The van der Waals surface area contributed by atoms with Gasteiger partial charge in [-0.3, -0.25) is 4.98 Å². The molecule has 0 aliphatic rings. The lowest BCUT2D eigenvalue weighted by Gasteiger charge is -2.14. The third kappa shape index (κ3) is 3.54. The first-order valence-electron chi connectivity index (χ1n) is 4.52. The van der Waals surface area contributed by atoms with Crippen molar-refractivity contribution in [1.82, 2.24) is 4.98 Å². The number of rotatable bonds is 5. The van der Waals surface area contributed by atoms with Gasteiger partial charge in [-0.15, -0.1) is 0 Å². The van der Waals surface area contributed by atoms with E-state index in [2.05, 4.69) is 4.98 Å². The summed E-state index contributed by atoms with van der Waals surface area (Å²) < 4.78 is 30.9. The van der Waals surface area contributed by atoms with Gasteiger partial charge in [0.05, 0.1) is 6.61 Å². The fourth-order valence-electron chi connectivity index (χ4n) is 1.22. The number of carboxylic acids is 1. The van der Waals surface area contributed by atoms with E-state index in [1.165, 1.54) is 18.5 Å². The number of aromatic nitrogens is 1. The molecule has 0 saturated heterocycles. The minimum atomic E-state index is -3.00. The number of hydrogen-bond donors (Lipinski definition) is 1. The Hall–Kier alpha value is -1.56. The lowest BCUT2D eigenvalue weighted by atomic mass is 10.1. The maximum absolute atomic E-state index is 13.1. The number of aliphatic carboxylic acids is 1. The van der Waals surface area contributed by atoms with Crippen LogP contribution in [0, 0.1) is 0 Å². The summed E-state index contributed by atoms with van der Waals surface area (Å²) in [5.41, 5.74) is -0.0101. The van der Waals surface area contributed by atoms with E-state index in [-0.39, 0.29) is 17.7 Å². The molecule has 1 N–H and O–H groups in total. The highest BCUT2D eigenvalue weighted by Crippen LogP contribution is 2.29. The van der Waals surface area contributed by atoms with Gasteiger partial charge in [-0.1, -0.05) is 0 Å². The quantitative estimate of drug-likeness (QED) is 0.839. The SMILES string of the molecule is CC(F)(F)c1ccncc1COCC(=O)O. The molecular weight excluding hydrogens is 220 g/mol. The van der Waals surface area contributed by atoms with Crippen molar-refractivity contribution in [3.8, 4) is 0 Å². The molecular formula is C10H11F2NO3. The maximum Gasteiger partial charge on any atom is 0.329 e. The average Bonchev–Trinajstić information content (AvgIpc) is 2.16. The van der Waals surface area contributed by atoms with E-state index in [1.807, 2.05) is 0 Å². The van der Waals surface area contributed by atoms with Crippen LogP contribution in [-0.4, -0.2) is 22.7 Å². The minimum Gasteiger partial charge on any atom is -0.480 e. The molecule has 0 spiro atoms. The Kier molecular flexibility index (Phi) is 3.89. The third-order valence-electron chi connectivity index (χ3n) is 1.86. The van der Waals surface area contributed by atoms with Crippen LogP contribution in [0.15, 0.2) is 18.5 Å². The molecule has 0 aromatic carbocycles. The monoisotopic (exact) mass is 231 g/mol. The Balaban J connectivity index is 2.76. The molecule has 1 heterocycles. The van der Waals surface area contributed by atoms with Gasteiger partial charge in [0, 0.05) is 30.4 Å². The number of carboxylic acid groups (broad SMARTS) is 1. The Bertz CT molecular complexity index is 377. The molecule has 0 amide bonds. The zero-order chi connectivity index (χ0) is 12.2. The van der Waals surface area contributed by atoms with Gasteiger partial charge in [0.15, 0.2) is 0 Å². The van der Waals surface area contributed by atoms with Crippen molar-refractivity contribution in [2.45, 2.75) is 19.5 Å². The number of halogens is 2. The molecule has 6 heteroatoms. The number of ether oxygens (including phenoxy) is 1. The van der Waals surface area contributed by atoms with Crippen molar-refractivity contribution in [3.63, 3.8) is 0 Å². The summed E-state index contributed by atoms with van der Waals surface area (Å²) in [7, 11) is 0. The van der Waals surface area contributed by atoms with E-state index in [0.29, 0.717) is 0 Å². The van der Waals surface area contributed by atoms with Crippen molar-refractivity contribution in [3.05, 3.63) is 29.6 Å². The average molecular weight is 231 g/mol. The fourth-order valence-corrected chi connectivity index (χ4v) is 1.22. The summed E-state index contributed by atoms with van der Waals surface area (Å²) in [6.45, 7) is 0.0472. The minimum absolute atomic E-state index is 0.191. The highest BCUT2D eigenvalue weighted by atomic mass is 19.3. The third-order valence-corrected chi connectivity index (χ3v) is 1.86. The number of pyridine rings is 1. The van der Waals surface area contributed by atoms with Gasteiger partial charge >= 0.3 is 5.97 Å². The van der Waals surface area contributed by atoms with Crippen LogP contribution in [0.2, 0.25) is 0 Å². The second-order valence-corrected chi connectivity index (χ2v) is 3.31. The zero-order valence-electron chi connectivity index (χ0n) is 8.61. The van der Waals surface area contributed by atoms with Crippen molar-refractivity contribution >= 4 is 5.97 Å². The first kappa shape index (κ1) is 12.5. The van der Waals surface area contributed by atoms with Gasteiger partial charge in [0.2, 0.25) is 0 Å². The zero-order valence-corrected chi connectivity index (χ0v) is 8.61. The number of carbonyl (C=O) groups is 1. The lowest BCUT2D eigenvalue weighted by Crippen LogP contribution is -2.13. The second kappa shape index (κ2) is 4.98. The van der Waals surface area contributed by atoms with Crippen molar-refractivity contribution in [2.75, 3.05) is 6.61 Å².